The Morgan fingerprint density at radius 1 is 1.17 bits per heavy atom. The van der Waals surface area contributed by atoms with Crippen molar-refractivity contribution in [1.29, 1.82) is 5.26 Å². The molecular formula is C31H33F2N7OS. The molecule has 3 aliphatic rings. The minimum atomic E-state index is -0.801. The number of anilines is 2. The van der Waals surface area contributed by atoms with Gasteiger partial charge in [-0.1, -0.05) is 12.1 Å². The van der Waals surface area contributed by atoms with E-state index in [2.05, 4.69) is 16.0 Å². The van der Waals surface area contributed by atoms with E-state index in [9.17, 15) is 5.26 Å². The predicted molar refractivity (Wildman–Crippen MR) is 162 cm³/mol. The normalized spacial score (nSPS) is 19.8. The highest BCUT2D eigenvalue weighted by Crippen LogP contribution is 2.46. The predicted octanol–water partition coefficient (Wildman–Crippen LogP) is 5.35. The first-order valence-electron chi connectivity index (χ1n) is 14.7. The summed E-state index contributed by atoms with van der Waals surface area (Å²) in [6.07, 6.45) is 5.26. The molecule has 1 unspecified atom stereocenters. The molecule has 2 saturated heterocycles. The minimum absolute atomic E-state index is 0.0171. The van der Waals surface area contributed by atoms with Crippen LogP contribution < -0.4 is 21.1 Å². The molecule has 4 N–H and O–H groups in total. The van der Waals surface area contributed by atoms with Gasteiger partial charge in [0.05, 0.1) is 22.1 Å². The zero-order chi connectivity index (χ0) is 29.2. The van der Waals surface area contributed by atoms with Crippen molar-refractivity contribution in [2.45, 2.75) is 57.0 Å². The third-order valence-electron chi connectivity index (χ3n) is 9.54. The van der Waals surface area contributed by atoms with E-state index in [1.807, 2.05) is 11.8 Å². The van der Waals surface area contributed by atoms with Crippen LogP contribution in [0.15, 0.2) is 18.2 Å². The van der Waals surface area contributed by atoms with Crippen LogP contribution >= 0.6 is 11.3 Å². The number of benzene rings is 2. The molecule has 1 atom stereocenters. The summed E-state index contributed by atoms with van der Waals surface area (Å²) in [5, 5.41) is 11.0. The molecule has 0 spiro atoms. The molecule has 0 amide bonds. The lowest BCUT2D eigenvalue weighted by atomic mass is 9.92. The molecule has 42 heavy (non-hydrogen) atoms. The quantitative estimate of drug-likeness (QED) is 0.309. The lowest BCUT2D eigenvalue weighted by Gasteiger charge is -2.32. The maximum absolute atomic E-state index is 16.8. The second kappa shape index (κ2) is 10.3. The summed E-state index contributed by atoms with van der Waals surface area (Å²) in [6, 6.07) is 7.28. The Morgan fingerprint density at radius 3 is 2.67 bits per heavy atom. The SMILES string of the molecule is CCN1c2nc(OCC34CCCN3CCC4)nc3c(F)c(-c4cccc5sc(N)c(C#N)c45)c(F)c(c23)CCC1CN. The molecule has 0 radical (unpaired) electrons. The van der Waals surface area contributed by atoms with Crippen molar-refractivity contribution in [3.63, 3.8) is 0 Å². The smallest absolute Gasteiger partial charge is 0.319 e. The molecule has 4 aromatic rings. The first kappa shape index (κ1) is 27.3. The number of nitrogens with two attached hydrogens (primary N) is 2. The summed E-state index contributed by atoms with van der Waals surface area (Å²) in [5.41, 5.74) is 13.0. The van der Waals surface area contributed by atoms with Gasteiger partial charge >= 0.3 is 6.01 Å². The number of ether oxygens (including phenoxy) is 1. The van der Waals surface area contributed by atoms with E-state index in [1.165, 1.54) is 11.3 Å². The number of rotatable bonds is 6. The van der Waals surface area contributed by atoms with Crippen LogP contribution in [0.5, 0.6) is 6.01 Å². The van der Waals surface area contributed by atoms with Gasteiger partial charge in [-0.15, -0.1) is 11.3 Å². The van der Waals surface area contributed by atoms with Crippen LogP contribution in [0.25, 0.3) is 32.1 Å². The third-order valence-corrected chi connectivity index (χ3v) is 10.5. The summed E-state index contributed by atoms with van der Waals surface area (Å²) in [7, 11) is 0. The van der Waals surface area contributed by atoms with Gasteiger partial charge in [-0.25, -0.2) is 8.78 Å². The Balaban J connectivity index is 1.46. The fraction of sp³-hybridized carbons (Fsp3) is 0.452. The van der Waals surface area contributed by atoms with Crippen molar-refractivity contribution >= 4 is 43.1 Å². The molecule has 2 aromatic carbocycles. The highest BCUT2D eigenvalue weighted by atomic mass is 32.1. The van der Waals surface area contributed by atoms with Crippen molar-refractivity contribution in [1.82, 2.24) is 14.9 Å². The fourth-order valence-electron chi connectivity index (χ4n) is 7.52. The largest absolute Gasteiger partial charge is 0.461 e. The average molecular weight is 590 g/mol. The van der Waals surface area contributed by atoms with E-state index >= 15 is 8.78 Å². The topological polar surface area (TPSA) is 117 Å². The molecule has 11 heteroatoms. The number of fused-ring (bicyclic) bond motifs is 2. The monoisotopic (exact) mass is 589 g/mol. The van der Waals surface area contributed by atoms with Crippen molar-refractivity contribution in [2.24, 2.45) is 5.73 Å². The van der Waals surface area contributed by atoms with Crippen LogP contribution in [0.3, 0.4) is 0 Å². The van der Waals surface area contributed by atoms with Crippen LogP contribution in [0, 0.1) is 23.0 Å². The molecule has 3 aliphatic heterocycles. The van der Waals surface area contributed by atoms with Gasteiger partial charge in [0.25, 0.3) is 0 Å². The van der Waals surface area contributed by atoms with Crippen LogP contribution in [-0.4, -0.2) is 59.2 Å². The maximum atomic E-state index is 16.8. The van der Waals surface area contributed by atoms with Crippen molar-refractivity contribution < 1.29 is 13.5 Å². The van der Waals surface area contributed by atoms with Crippen LogP contribution in [0.1, 0.15) is 50.2 Å². The molecule has 7 rings (SSSR count). The van der Waals surface area contributed by atoms with E-state index < -0.39 is 11.6 Å². The Kier molecular flexibility index (Phi) is 6.68. The summed E-state index contributed by atoms with van der Waals surface area (Å²) < 4.78 is 40.5. The molecule has 0 saturated carbocycles. The lowest BCUT2D eigenvalue weighted by Crippen LogP contribution is -2.43. The van der Waals surface area contributed by atoms with Crippen LogP contribution in [-0.2, 0) is 6.42 Å². The number of nitrogen functional groups attached to an aromatic ring is 1. The standard InChI is InChI=1S/C31H33F2N7OS/c1-2-40-17(14-34)8-9-19-24-27(37-30(38-29(24)40)41-16-31-10-4-12-39(31)13-5-11-31)26(33)23(25(19)32)18-6-3-7-21-22(18)20(15-35)28(36)42-21/h3,6-7,17H,2,4-5,8-14,16,34,36H2,1H3. The molecule has 2 aromatic heterocycles. The zero-order valence-corrected chi connectivity index (χ0v) is 24.4. The van der Waals surface area contributed by atoms with Gasteiger partial charge in [-0.2, -0.15) is 15.2 Å². The number of nitriles is 1. The fourth-order valence-corrected chi connectivity index (χ4v) is 8.47. The maximum Gasteiger partial charge on any atom is 0.319 e. The Labute approximate surface area is 246 Å². The van der Waals surface area contributed by atoms with Crippen LogP contribution in [0.2, 0.25) is 0 Å². The second-order valence-electron chi connectivity index (χ2n) is 11.6. The zero-order valence-electron chi connectivity index (χ0n) is 23.6. The molecule has 0 aliphatic carbocycles. The summed E-state index contributed by atoms with van der Waals surface area (Å²) in [4.78, 5) is 13.9. The van der Waals surface area contributed by atoms with Gasteiger partial charge in [-0.3, -0.25) is 4.90 Å². The van der Waals surface area contributed by atoms with Gasteiger partial charge in [0.1, 0.15) is 34.8 Å². The molecule has 8 nitrogen and oxygen atoms in total. The van der Waals surface area contributed by atoms with Crippen molar-refractivity contribution in [3.05, 3.63) is 41.0 Å². The Bertz CT molecular complexity index is 1760. The molecule has 2 fully saturated rings. The number of aryl methyl sites for hydroxylation is 1. The van der Waals surface area contributed by atoms with Gasteiger partial charge < -0.3 is 21.1 Å². The van der Waals surface area contributed by atoms with Gasteiger partial charge in [0, 0.05) is 34.8 Å². The second-order valence-corrected chi connectivity index (χ2v) is 12.7. The van der Waals surface area contributed by atoms with E-state index in [0.29, 0.717) is 64.4 Å². The number of nitrogens with zero attached hydrogens (tertiary/aromatic N) is 5. The van der Waals surface area contributed by atoms with Gasteiger partial charge in [0.15, 0.2) is 5.82 Å². The molecule has 218 valence electrons. The molecule has 5 heterocycles. The number of aromatic nitrogens is 2. The highest BCUT2D eigenvalue weighted by Gasteiger charge is 2.45. The van der Waals surface area contributed by atoms with Crippen LogP contribution in [0.4, 0.5) is 19.6 Å². The number of thiophene rings is 1. The third kappa shape index (κ3) is 3.96. The number of hydrogen-bond acceptors (Lipinski definition) is 9. The molecular weight excluding hydrogens is 556 g/mol. The number of halogens is 2. The minimum Gasteiger partial charge on any atom is -0.461 e. The summed E-state index contributed by atoms with van der Waals surface area (Å²) in [5.74, 6) is -1.02. The Hall–Kier alpha value is -3.59. The highest BCUT2D eigenvalue weighted by molar-refractivity contribution is 7.23. The first-order valence-corrected chi connectivity index (χ1v) is 15.5. The van der Waals surface area contributed by atoms with Crippen molar-refractivity contribution in [2.75, 3.05) is 43.4 Å². The number of hydrogen-bond donors (Lipinski definition) is 2. The van der Waals surface area contributed by atoms with Crippen molar-refractivity contribution in [3.8, 4) is 23.2 Å². The van der Waals surface area contributed by atoms with E-state index in [4.69, 9.17) is 21.2 Å². The first-order chi connectivity index (χ1) is 20.4. The van der Waals surface area contributed by atoms with E-state index in [0.717, 1.165) is 38.8 Å². The number of likely N-dealkylation sites (N-methyl/N-ethyl adjacent to an activating group) is 1. The summed E-state index contributed by atoms with van der Waals surface area (Å²) >= 11 is 1.23. The summed E-state index contributed by atoms with van der Waals surface area (Å²) in [6.45, 7) is 5.43. The van der Waals surface area contributed by atoms with Gasteiger partial charge in [-0.05, 0) is 70.2 Å². The van der Waals surface area contributed by atoms with Gasteiger partial charge in [0.2, 0.25) is 0 Å². The van der Waals surface area contributed by atoms with E-state index in [-0.39, 0.29) is 39.8 Å². The average Bonchev–Trinajstić information content (AvgIpc) is 3.63. The van der Waals surface area contributed by atoms with E-state index in [1.54, 1.807) is 18.2 Å². The Morgan fingerprint density at radius 2 is 1.95 bits per heavy atom. The molecule has 0 bridgehead atoms. The lowest BCUT2D eigenvalue weighted by molar-refractivity contribution is 0.108.